The molecular weight excluding hydrogens is 304 g/mol. The third kappa shape index (κ3) is 3.44. The highest BCUT2D eigenvalue weighted by molar-refractivity contribution is 8.00. The third-order valence-corrected chi connectivity index (χ3v) is 4.26. The van der Waals surface area contributed by atoms with Crippen molar-refractivity contribution in [3.63, 3.8) is 0 Å². The zero-order valence-electron chi connectivity index (χ0n) is 11.1. The molecule has 5 nitrogen and oxygen atoms in total. The van der Waals surface area contributed by atoms with Crippen molar-refractivity contribution in [3.8, 4) is 5.75 Å². The summed E-state index contributed by atoms with van der Waals surface area (Å²) in [6.07, 6.45) is 0. The number of amides is 1. The normalized spacial score (nSPS) is 21.4. The summed E-state index contributed by atoms with van der Waals surface area (Å²) in [5, 5.41) is 8.77. The van der Waals surface area contributed by atoms with Crippen molar-refractivity contribution in [1.82, 2.24) is 4.90 Å². The van der Waals surface area contributed by atoms with E-state index in [4.69, 9.17) is 9.84 Å². The average Bonchev–Trinajstić information content (AvgIpc) is 2.79. The highest BCUT2D eigenvalue weighted by atomic mass is 32.2. The first-order chi connectivity index (χ1) is 9.90. The van der Waals surface area contributed by atoms with E-state index in [1.807, 2.05) is 0 Å². The largest absolute Gasteiger partial charge is 0.481 e. The molecule has 1 N–H and O–H groups in total. The number of halogens is 2. The number of aliphatic carboxylic acids is 1. The first-order valence-electron chi connectivity index (χ1n) is 6.13. The van der Waals surface area contributed by atoms with Gasteiger partial charge in [-0.3, -0.25) is 4.79 Å². The van der Waals surface area contributed by atoms with Crippen LogP contribution < -0.4 is 4.74 Å². The number of hydrogen-bond donors (Lipinski definition) is 1. The molecule has 0 bridgehead atoms. The first-order valence-corrected chi connectivity index (χ1v) is 7.18. The van der Waals surface area contributed by atoms with Crippen LogP contribution in [-0.2, 0) is 9.59 Å². The Morgan fingerprint density at radius 2 is 2.19 bits per heavy atom. The number of thioether (sulfide) groups is 1. The highest BCUT2D eigenvalue weighted by Gasteiger charge is 2.39. The van der Waals surface area contributed by atoms with Crippen molar-refractivity contribution in [2.24, 2.45) is 0 Å². The molecule has 1 aromatic carbocycles. The van der Waals surface area contributed by atoms with Gasteiger partial charge in [-0.2, -0.15) is 0 Å². The van der Waals surface area contributed by atoms with Crippen molar-refractivity contribution < 1.29 is 28.2 Å². The van der Waals surface area contributed by atoms with E-state index < -0.39 is 36.2 Å². The quantitative estimate of drug-likeness (QED) is 0.916. The van der Waals surface area contributed by atoms with Crippen LogP contribution in [0.1, 0.15) is 6.92 Å². The number of hydrogen-bond acceptors (Lipinski definition) is 4. The van der Waals surface area contributed by atoms with E-state index in [9.17, 15) is 18.4 Å². The second-order valence-electron chi connectivity index (χ2n) is 4.45. The van der Waals surface area contributed by atoms with Gasteiger partial charge in [0.05, 0.1) is 5.37 Å². The van der Waals surface area contributed by atoms with Gasteiger partial charge in [0.25, 0.3) is 5.91 Å². The predicted molar refractivity (Wildman–Crippen MR) is 72.0 cm³/mol. The number of benzene rings is 1. The van der Waals surface area contributed by atoms with E-state index in [0.29, 0.717) is 11.8 Å². The minimum Gasteiger partial charge on any atom is -0.481 e. The SMILES string of the molecule is CC1SCC(C(=O)O)N1C(=O)COc1ccc(F)cc1F. The summed E-state index contributed by atoms with van der Waals surface area (Å²) >= 11 is 1.34. The summed E-state index contributed by atoms with van der Waals surface area (Å²) in [5.41, 5.74) is 0. The van der Waals surface area contributed by atoms with Crippen LogP contribution in [0.15, 0.2) is 18.2 Å². The van der Waals surface area contributed by atoms with E-state index >= 15 is 0 Å². The summed E-state index contributed by atoms with van der Waals surface area (Å²) < 4.78 is 31.1. The maximum absolute atomic E-state index is 13.4. The molecule has 2 rings (SSSR count). The van der Waals surface area contributed by atoms with Crippen LogP contribution in [0.2, 0.25) is 0 Å². The molecule has 2 unspecified atom stereocenters. The van der Waals surface area contributed by atoms with Gasteiger partial charge in [-0.05, 0) is 19.1 Å². The molecular formula is C13H13F2NO4S. The van der Waals surface area contributed by atoms with Gasteiger partial charge in [0.15, 0.2) is 18.2 Å². The molecule has 0 saturated carbocycles. The van der Waals surface area contributed by atoms with Crippen LogP contribution in [0, 0.1) is 11.6 Å². The highest BCUT2D eigenvalue weighted by Crippen LogP contribution is 2.29. The lowest BCUT2D eigenvalue weighted by Gasteiger charge is -2.24. The van der Waals surface area contributed by atoms with Gasteiger partial charge < -0.3 is 14.7 Å². The van der Waals surface area contributed by atoms with Crippen molar-refractivity contribution >= 4 is 23.6 Å². The summed E-state index contributed by atoms with van der Waals surface area (Å²) in [5.74, 6) is -3.26. The Balaban J connectivity index is 2.02. The predicted octanol–water partition coefficient (Wildman–Crippen LogP) is 1.72. The average molecular weight is 317 g/mol. The molecule has 21 heavy (non-hydrogen) atoms. The van der Waals surface area contributed by atoms with Crippen LogP contribution in [0.3, 0.4) is 0 Å². The molecule has 0 spiro atoms. The van der Waals surface area contributed by atoms with Crippen molar-refractivity contribution in [2.75, 3.05) is 12.4 Å². The van der Waals surface area contributed by atoms with Gasteiger partial charge in [-0.1, -0.05) is 0 Å². The summed E-state index contributed by atoms with van der Waals surface area (Å²) in [4.78, 5) is 24.3. The molecule has 8 heteroatoms. The Kier molecular flexibility index (Phi) is 4.66. The number of carboxylic acid groups (broad SMARTS) is 1. The van der Waals surface area contributed by atoms with Crippen molar-refractivity contribution in [1.29, 1.82) is 0 Å². The van der Waals surface area contributed by atoms with Gasteiger partial charge in [0.1, 0.15) is 11.9 Å². The van der Waals surface area contributed by atoms with Gasteiger partial charge in [0, 0.05) is 11.8 Å². The number of carbonyl (C=O) groups is 2. The number of carboxylic acids is 1. The fourth-order valence-corrected chi connectivity index (χ4v) is 3.21. The number of rotatable bonds is 4. The van der Waals surface area contributed by atoms with Crippen LogP contribution in [0.5, 0.6) is 5.75 Å². The fourth-order valence-electron chi connectivity index (χ4n) is 2.02. The summed E-state index contributed by atoms with van der Waals surface area (Å²) in [7, 11) is 0. The molecule has 1 aliphatic heterocycles. The Bertz CT molecular complexity index is 569. The summed E-state index contributed by atoms with van der Waals surface area (Å²) in [6.45, 7) is 1.21. The molecule has 0 aromatic heterocycles. The minimum atomic E-state index is -1.09. The molecule has 114 valence electrons. The van der Waals surface area contributed by atoms with Crippen molar-refractivity contribution in [3.05, 3.63) is 29.8 Å². The van der Waals surface area contributed by atoms with E-state index in [1.165, 1.54) is 16.7 Å². The molecule has 1 aromatic rings. The monoisotopic (exact) mass is 317 g/mol. The smallest absolute Gasteiger partial charge is 0.327 e. The Hall–Kier alpha value is -1.83. The number of ether oxygens (including phenoxy) is 1. The third-order valence-electron chi connectivity index (χ3n) is 3.04. The lowest BCUT2D eigenvalue weighted by molar-refractivity contribution is -0.149. The standard InChI is InChI=1S/C13H13F2NO4S/c1-7-16(10(6-21-7)13(18)19)12(17)5-20-11-3-2-8(14)4-9(11)15/h2-4,7,10H,5-6H2,1H3,(H,18,19). The number of nitrogens with zero attached hydrogens (tertiary/aromatic N) is 1. The second-order valence-corrected chi connectivity index (χ2v) is 5.80. The maximum atomic E-state index is 13.4. The molecule has 0 radical (unpaired) electrons. The molecule has 1 amide bonds. The Morgan fingerprint density at radius 1 is 1.48 bits per heavy atom. The number of carbonyl (C=O) groups excluding carboxylic acids is 1. The Morgan fingerprint density at radius 3 is 2.81 bits per heavy atom. The fraction of sp³-hybridized carbons (Fsp3) is 0.385. The van der Waals surface area contributed by atoms with Crippen LogP contribution in [-0.4, -0.2) is 45.7 Å². The zero-order chi connectivity index (χ0) is 15.6. The molecule has 1 heterocycles. The topological polar surface area (TPSA) is 66.8 Å². The van der Waals surface area contributed by atoms with Gasteiger partial charge in [0.2, 0.25) is 0 Å². The first kappa shape index (κ1) is 15.6. The van der Waals surface area contributed by atoms with Gasteiger partial charge >= 0.3 is 5.97 Å². The van der Waals surface area contributed by atoms with Crippen LogP contribution in [0.4, 0.5) is 8.78 Å². The van der Waals surface area contributed by atoms with E-state index in [-0.39, 0.29) is 11.1 Å². The van der Waals surface area contributed by atoms with Crippen molar-refractivity contribution in [2.45, 2.75) is 18.3 Å². The van der Waals surface area contributed by atoms with E-state index in [1.54, 1.807) is 6.92 Å². The summed E-state index contributed by atoms with van der Waals surface area (Å²) in [6, 6.07) is 1.82. The van der Waals surface area contributed by atoms with Crippen LogP contribution >= 0.6 is 11.8 Å². The van der Waals surface area contributed by atoms with E-state index in [2.05, 4.69) is 0 Å². The Labute approximate surface area is 123 Å². The molecule has 1 fully saturated rings. The lowest BCUT2D eigenvalue weighted by Crippen LogP contribution is -2.46. The molecule has 1 saturated heterocycles. The van der Waals surface area contributed by atoms with E-state index in [0.717, 1.165) is 12.1 Å². The molecule has 0 aliphatic carbocycles. The van der Waals surface area contributed by atoms with Crippen LogP contribution in [0.25, 0.3) is 0 Å². The lowest BCUT2D eigenvalue weighted by atomic mass is 10.3. The zero-order valence-corrected chi connectivity index (χ0v) is 11.9. The molecule has 1 aliphatic rings. The van der Waals surface area contributed by atoms with Gasteiger partial charge in [-0.15, -0.1) is 11.8 Å². The molecule has 2 atom stereocenters. The minimum absolute atomic E-state index is 0.254. The second kappa shape index (κ2) is 6.30. The van der Waals surface area contributed by atoms with Gasteiger partial charge in [-0.25, -0.2) is 13.6 Å². The maximum Gasteiger partial charge on any atom is 0.327 e.